The van der Waals surface area contributed by atoms with Gasteiger partial charge in [-0.3, -0.25) is 0 Å². The van der Waals surface area contributed by atoms with Crippen LogP contribution in [0.2, 0.25) is 0 Å². The maximum Gasteiger partial charge on any atom is 0.165 e. The van der Waals surface area contributed by atoms with E-state index in [1.54, 1.807) is 12.1 Å². The van der Waals surface area contributed by atoms with Crippen LogP contribution in [0.1, 0.15) is 45.4 Å². The molecular formula is C16H24FNO. The van der Waals surface area contributed by atoms with Crippen molar-refractivity contribution in [3.63, 3.8) is 0 Å². The summed E-state index contributed by atoms with van der Waals surface area (Å²) in [6.07, 6.45) is 7.16. The zero-order valence-corrected chi connectivity index (χ0v) is 11.7. The first-order valence-electron chi connectivity index (χ1n) is 7.46. The lowest BCUT2D eigenvalue weighted by molar-refractivity contribution is 0.123. The smallest absolute Gasteiger partial charge is 0.165 e. The van der Waals surface area contributed by atoms with E-state index in [1.807, 2.05) is 6.07 Å². The molecule has 106 valence electrons. The molecule has 1 saturated carbocycles. The number of rotatable bonds is 4. The highest BCUT2D eigenvalue weighted by Gasteiger charge is 2.24. The molecule has 0 aliphatic heterocycles. The van der Waals surface area contributed by atoms with Crippen LogP contribution in [0.5, 0.6) is 5.75 Å². The van der Waals surface area contributed by atoms with E-state index in [2.05, 4.69) is 12.2 Å². The fourth-order valence-electron chi connectivity index (χ4n) is 2.79. The Morgan fingerprint density at radius 3 is 2.63 bits per heavy atom. The van der Waals surface area contributed by atoms with Gasteiger partial charge < -0.3 is 10.1 Å². The van der Waals surface area contributed by atoms with Crippen molar-refractivity contribution < 1.29 is 9.13 Å². The fourth-order valence-corrected chi connectivity index (χ4v) is 2.79. The predicted molar refractivity (Wildman–Crippen MR) is 76.0 cm³/mol. The van der Waals surface area contributed by atoms with E-state index < -0.39 is 0 Å². The topological polar surface area (TPSA) is 21.3 Å². The van der Waals surface area contributed by atoms with Crippen LogP contribution in [0, 0.1) is 5.82 Å². The molecule has 2 rings (SSSR count). The van der Waals surface area contributed by atoms with Crippen molar-refractivity contribution in [1.82, 2.24) is 5.32 Å². The van der Waals surface area contributed by atoms with Crippen LogP contribution in [0.25, 0.3) is 0 Å². The third-order valence-electron chi connectivity index (χ3n) is 3.78. The summed E-state index contributed by atoms with van der Waals surface area (Å²) in [5, 5.41) is 3.49. The molecule has 1 aliphatic carbocycles. The zero-order valence-electron chi connectivity index (χ0n) is 11.7. The summed E-state index contributed by atoms with van der Waals surface area (Å²) in [6.45, 7) is 3.04. The number of halogens is 1. The molecule has 1 fully saturated rings. The van der Waals surface area contributed by atoms with Gasteiger partial charge in [-0.1, -0.05) is 38.3 Å². The van der Waals surface area contributed by atoms with Crippen LogP contribution in [0.3, 0.4) is 0 Å². The number of para-hydroxylation sites is 1. The zero-order chi connectivity index (χ0) is 13.5. The fraction of sp³-hybridized carbons (Fsp3) is 0.625. The lowest BCUT2D eigenvalue weighted by Crippen LogP contribution is -2.43. The molecule has 2 unspecified atom stereocenters. The molecule has 1 aliphatic rings. The Kier molecular flexibility index (Phi) is 5.64. The Hall–Kier alpha value is -1.09. The molecule has 0 aromatic heterocycles. The molecule has 3 heteroatoms. The number of likely N-dealkylation sites (N-methyl/N-ethyl adjacent to an activating group) is 1. The largest absolute Gasteiger partial charge is 0.486 e. The monoisotopic (exact) mass is 265 g/mol. The van der Waals surface area contributed by atoms with Crippen molar-refractivity contribution in [1.29, 1.82) is 0 Å². The highest BCUT2D eigenvalue weighted by atomic mass is 19.1. The van der Waals surface area contributed by atoms with Crippen LogP contribution in [0.4, 0.5) is 4.39 Å². The normalized spacial score (nSPS) is 24.5. The quantitative estimate of drug-likeness (QED) is 0.891. The number of hydrogen-bond donors (Lipinski definition) is 1. The molecule has 0 saturated heterocycles. The summed E-state index contributed by atoms with van der Waals surface area (Å²) in [5.74, 6) is 0.121. The van der Waals surface area contributed by atoms with E-state index in [4.69, 9.17) is 4.74 Å². The molecule has 0 heterocycles. The van der Waals surface area contributed by atoms with E-state index in [0.29, 0.717) is 11.8 Å². The van der Waals surface area contributed by atoms with Crippen LogP contribution in [-0.2, 0) is 0 Å². The Labute approximate surface area is 115 Å². The lowest BCUT2D eigenvalue weighted by Gasteiger charge is -2.30. The van der Waals surface area contributed by atoms with Crippen molar-refractivity contribution in [3.8, 4) is 5.75 Å². The first-order chi connectivity index (χ1) is 9.31. The van der Waals surface area contributed by atoms with Gasteiger partial charge in [0.2, 0.25) is 0 Å². The van der Waals surface area contributed by atoms with Crippen LogP contribution < -0.4 is 10.1 Å². The van der Waals surface area contributed by atoms with Gasteiger partial charge in [0.15, 0.2) is 11.6 Å². The first-order valence-corrected chi connectivity index (χ1v) is 7.46. The van der Waals surface area contributed by atoms with Crippen LogP contribution in [0.15, 0.2) is 24.3 Å². The van der Waals surface area contributed by atoms with Gasteiger partial charge in [-0.15, -0.1) is 0 Å². The molecule has 2 nitrogen and oxygen atoms in total. The molecule has 0 bridgehead atoms. The number of nitrogens with one attached hydrogen (secondary N) is 1. The summed E-state index contributed by atoms with van der Waals surface area (Å²) < 4.78 is 19.6. The summed E-state index contributed by atoms with van der Waals surface area (Å²) in [4.78, 5) is 0. The summed E-state index contributed by atoms with van der Waals surface area (Å²) in [5.41, 5.74) is 0. The Morgan fingerprint density at radius 2 is 1.89 bits per heavy atom. The molecule has 1 aromatic carbocycles. The van der Waals surface area contributed by atoms with E-state index in [-0.39, 0.29) is 11.9 Å². The minimum Gasteiger partial charge on any atom is -0.486 e. The third-order valence-corrected chi connectivity index (χ3v) is 3.78. The van der Waals surface area contributed by atoms with Gasteiger partial charge >= 0.3 is 0 Å². The maximum atomic E-state index is 13.7. The molecule has 0 amide bonds. The average Bonchev–Trinajstić information content (AvgIpc) is 2.39. The van der Waals surface area contributed by atoms with Crippen LogP contribution >= 0.6 is 0 Å². The summed E-state index contributed by atoms with van der Waals surface area (Å²) >= 11 is 0. The lowest BCUT2D eigenvalue weighted by atomic mass is 9.94. The molecule has 1 aromatic rings. The number of benzene rings is 1. The summed E-state index contributed by atoms with van der Waals surface area (Å²) in [7, 11) is 0. The van der Waals surface area contributed by atoms with Gasteiger partial charge in [-0.05, 0) is 37.9 Å². The second-order valence-electron chi connectivity index (χ2n) is 5.24. The number of ether oxygens (including phenoxy) is 1. The van der Waals surface area contributed by atoms with Gasteiger partial charge in [0.05, 0.1) is 0 Å². The van der Waals surface area contributed by atoms with Gasteiger partial charge in [0.25, 0.3) is 0 Å². The minimum atomic E-state index is -0.264. The van der Waals surface area contributed by atoms with Crippen LogP contribution in [-0.4, -0.2) is 18.7 Å². The van der Waals surface area contributed by atoms with E-state index in [9.17, 15) is 4.39 Å². The highest BCUT2D eigenvalue weighted by molar-refractivity contribution is 5.24. The Balaban J connectivity index is 2.06. The minimum absolute atomic E-state index is 0.0807. The standard InChI is InChI=1S/C16H24FNO/c1-2-18-14-10-5-3-4-6-12-16(14)19-15-11-8-7-9-13(15)17/h7-9,11,14,16,18H,2-6,10,12H2,1H3. The van der Waals surface area contributed by atoms with E-state index in [1.165, 1.54) is 31.7 Å². The van der Waals surface area contributed by atoms with Crippen molar-refractivity contribution in [2.75, 3.05) is 6.54 Å². The maximum absolute atomic E-state index is 13.7. The third kappa shape index (κ3) is 4.20. The Morgan fingerprint density at radius 1 is 1.16 bits per heavy atom. The molecule has 0 spiro atoms. The van der Waals surface area contributed by atoms with Gasteiger partial charge in [0, 0.05) is 6.04 Å². The SMILES string of the molecule is CCNC1CCCCCCC1Oc1ccccc1F. The molecule has 0 radical (unpaired) electrons. The van der Waals surface area contributed by atoms with Crippen molar-refractivity contribution in [2.45, 2.75) is 57.6 Å². The molecular weight excluding hydrogens is 241 g/mol. The second-order valence-corrected chi connectivity index (χ2v) is 5.24. The Bertz CT molecular complexity index is 383. The van der Waals surface area contributed by atoms with Gasteiger partial charge in [0.1, 0.15) is 6.10 Å². The number of hydrogen-bond acceptors (Lipinski definition) is 2. The van der Waals surface area contributed by atoms with E-state index >= 15 is 0 Å². The van der Waals surface area contributed by atoms with E-state index in [0.717, 1.165) is 19.4 Å². The van der Waals surface area contributed by atoms with Gasteiger partial charge in [-0.2, -0.15) is 0 Å². The predicted octanol–water partition coefficient (Wildman–Crippen LogP) is 3.91. The molecule has 19 heavy (non-hydrogen) atoms. The summed E-state index contributed by atoms with van der Waals surface area (Å²) in [6, 6.07) is 7.04. The second kappa shape index (κ2) is 7.49. The first kappa shape index (κ1) is 14.3. The van der Waals surface area contributed by atoms with Crippen molar-refractivity contribution in [2.24, 2.45) is 0 Å². The highest BCUT2D eigenvalue weighted by Crippen LogP contribution is 2.24. The average molecular weight is 265 g/mol. The van der Waals surface area contributed by atoms with Crippen molar-refractivity contribution >= 4 is 0 Å². The van der Waals surface area contributed by atoms with Gasteiger partial charge in [-0.25, -0.2) is 4.39 Å². The molecule has 1 N–H and O–H groups in total. The van der Waals surface area contributed by atoms with Crippen molar-refractivity contribution in [3.05, 3.63) is 30.1 Å². The molecule has 2 atom stereocenters.